The van der Waals surface area contributed by atoms with Crippen LogP contribution in [0.4, 0.5) is 0 Å². The van der Waals surface area contributed by atoms with E-state index in [-0.39, 0.29) is 12.0 Å². The summed E-state index contributed by atoms with van der Waals surface area (Å²) in [6.07, 6.45) is 0.784. The molecule has 2 heterocycles. The summed E-state index contributed by atoms with van der Waals surface area (Å²) in [6.45, 7) is 11.5. The predicted octanol–water partition coefficient (Wildman–Crippen LogP) is 3.30. The Morgan fingerprint density at radius 1 is 1.22 bits per heavy atom. The van der Waals surface area contributed by atoms with Gasteiger partial charge in [-0.1, -0.05) is 37.5 Å². The normalized spacial score (nSPS) is 19.5. The molecule has 3 rings (SSSR count). The molecular formula is C20H29ClN4O2. The van der Waals surface area contributed by atoms with E-state index in [0.717, 1.165) is 38.2 Å². The number of rotatable bonds is 6. The van der Waals surface area contributed by atoms with Crippen molar-refractivity contribution in [3.8, 4) is 11.4 Å². The van der Waals surface area contributed by atoms with E-state index in [0.29, 0.717) is 29.3 Å². The largest absolute Gasteiger partial charge is 0.396 e. The fourth-order valence-electron chi connectivity index (χ4n) is 3.57. The van der Waals surface area contributed by atoms with Gasteiger partial charge in [0.2, 0.25) is 11.7 Å². The molecule has 1 unspecified atom stereocenters. The van der Waals surface area contributed by atoms with Gasteiger partial charge in [0.1, 0.15) is 0 Å². The van der Waals surface area contributed by atoms with Crippen LogP contribution in [0.3, 0.4) is 0 Å². The molecule has 148 valence electrons. The summed E-state index contributed by atoms with van der Waals surface area (Å²) in [5.41, 5.74) is 1.14. The average Bonchev–Trinajstić information content (AvgIpc) is 3.05. The summed E-state index contributed by atoms with van der Waals surface area (Å²) < 4.78 is 5.46. The topological polar surface area (TPSA) is 65.6 Å². The molecule has 1 saturated heterocycles. The Morgan fingerprint density at radius 3 is 2.63 bits per heavy atom. The lowest BCUT2D eigenvalue weighted by Gasteiger charge is -2.43. The van der Waals surface area contributed by atoms with E-state index in [1.807, 2.05) is 24.3 Å². The number of hydrogen-bond acceptors (Lipinski definition) is 6. The number of benzene rings is 1. The van der Waals surface area contributed by atoms with Crippen LogP contribution in [0, 0.1) is 5.41 Å². The van der Waals surface area contributed by atoms with E-state index in [1.165, 1.54) is 0 Å². The summed E-state index contributed by atoms with van der Waals surface area (Å²) in [7, 11) is 0. The van der Waals surface area contributed by atoms with E-state index in [2.05, 4.69) is 40.7 Å². The Hall–Kier alpha value is -1.47. The molecule has 2 aromatic rings. The summed E-state index contributed by atoms with van der Waals surface area (Å²) in [6, 6.07) is 7.77. The van der Waals surface area contributed by atoms with Crippen LogP contribution < -0.4 is 0 Å². The number of aromatic nitrogens is 2. The summed E-state index contributed by atoms with van der Waals surface area (Å²) in [5, 5.41) is 14.2. The maximum atomic E-state index is 9.46. The molecule has 1 fully saturated rings. The van der Waals surface area contributed by atoms with Gasteiger partial charge < -0.3 is 9.63 Å². The van der Waals surface area contributed by atoms with E-state index < -0.39 is 0 Å². The lowest BCUT2D eigenvalue weighted by Crippen LogP contribution is -2.54. The van der Waals surface area contributed by atoms with E-state index >= 15 is 0 Å². The highest BCUT2D eigenvalue weighted by molar-refractivity contribution is 6.30. The first-order chi connectivity index (χ1) is 12.8. The molecule has 0 spiro atoms. The van der Waals surface area contributed by atoms with Gasteiger partial charge >= 0.3 is 0 Å². The molecule has 0 aliphatic carbocycles. The number of halogens is 1. The predicted molar refractivity (Wildman–Crippen MR) is 107 cm³/mol. The average molecular weight is 393 g/mol. The van der Waals surface area contributed by atoms with Crippen LogP contribution in [0.15, 0.2) is 28.8 Å². The molecule has 0 amide bonds. The first kappa shape index (κ1) is 20.3. The molecule has 1 aromatic heterocycles. The summed E-state index contributed by atoms with van der Waals surface area (Å²) in [5.74, 6) is 1.20. The maximum absolute atomic E-state index is 9.46. The summed E-state index contributed by atoms with van der Waals surface area (Å²) in [4.78, 5) is 9.36. The van der Waals surface area contributed by atoms with Gasteiger partial charge in [-0.05, 0) is 36.1 Å². The van der Waals surface area contributed by atoms with Crippen molar-refractivity contribution in [2.24, 2.45) is 5.41 Å². The lowest BCUT2D eigenvalue weighted by atomic mass is 9.94. The molecule has 1 aliphatic rings. The van der Waals surface area contributed by atoms with Gasteiger partial charge in [-0.15, -0.1) is 0 Å². The second kappa shape index (κ2) is 8.69. The second-order valence-corrected chi connectivity index (χ2v) is 8.89. The van der Waals surface area contributed by atoms with Gasteiger partial charge in [-0.3, -0.25) is 9.80 Å². The monoisotopic (exact) mass is 392 g/mol. The van der Waals surface area contributed by atoms with Crippen molar-refractivity contribution in [3.63, 3.8) is 0 Å². The number of piperazine rings is 1. The number of aliphatic hydroxyl groups is 1. The zero-order valence-corrected chi connectivity index (χ0v) is 17.1. The number of nitrogens with zero attached hydrogens (tertiary/aromatic N) is 4. The third-order valence-electron chi connectivity index (χ3n) is 4.76. The molecule has 27 heavy (non-hydrogen) atoms. The van der Waals surface area contributed by atoms with Crippen LogP contribution >= 0.6 is 11.6 Å². The third kappa shape index (κ3) is 5.75. The molecule has 1 aromatic carbocycles. The SMILES string of the molecule is CC(C)(C)CN1CCN(Cc2nc(-c3ccc(Cl)cc3)no2)CC1CCO. The van der Waals surface area contributed by atoms with Crippen molar-refractivity contribution >= 4 is 11.6 Å². The van der Waals surface area contributed by atoms with Crippen molar-refractivity contribution in [2.45, 2.75) is 39.8 Å². The smallest absolute Gasteiger partial charge is 0.241 e. The fourth-order valence-corrected chi connectivity index (χ4v) is 3.69. The maximum Gasteiger partial charge on any atom is 0.241 e. The molecule has 0 bridgehead atoms. The van der Waals surface area contributed by atoms with Crippen molar-refractivity contribution in [3.05, 3.63) is 35.2 Å². The fraction of sp³-hybridized carbons (Fsp3) is 0.600. The zero-order chi connectivity index (χ0) is 19.4. The Balaban J connectivity index is 1.62. The molecular weight excluding hydrogens is 364 g/mol. The first-order valence-corrected chi connectivity index (χ1v) is 9.88. The standard InChI is InChI=1S/C20H29ClN4O2/c1-20(2,3)14-25-10-9-24(12-17(25)8-11-26)13-18-22-19(23-27-18)15-4-6-16(21)7-5-15/h4-7,17,26H,8-14H2,1-3H3. The van der Waals surface area contributed by atoms with Crippen LogP contribution in [0.1, 0.15) is 33.1 Å². The van der Waals surface area contributed by atoms with Crippen molar-refractivity contribution in [1.82, 2.24) is 19.9 Å². The second-order valence-electron chi connectivity index (χ2n) is 8.45. The highest BCUT2D eigenvalue weighted by Crippen LogP contribution is 2.23. The van der Waals surface area contributed by atoms with Gasteiger partial charge in [0.15, 0.2) is 0 Å². The lowest BCUT2D eigenvalue weighted by molar-refractivity contribution is 0.0300. The highest BCUT2D eigenvalue weighted by Gasteiger charge is 2.30. The van der Waals surface area contributed by atoms with Crippen molar-refractivity contribution < 1.29 is 9.63 Å². The molecule has 1 aliphatic heterocycles. The number of hydrogen-bond donors (Lipinski definition) is 1. The van der Waals surface area contributed by atoms with E-state index in [9.17, 15) is 5.11 Å². The van der Waals surface area contributed by atoms with Crippen LogP contribution in [0.2, 0.25) is 5.02 Å². The molecule has 1 atom stereocenters. The molecule has 6 nitrogen and oxygen atoms in total. The minimum atomic E-state index is 0.209. The Bertz CT molecular complexity index is 726. The minimum absolute atomic E-state index is 0.209. The van der Waals surface area contributed by atoms with E-state index in [4.69, 9.17) is 16.1 Å². The first-order valence-electron chi connectivity index (χ1n) is 9.50. The quantitative estimate of drug-likeness (QED) is 0.813. The molecule has 7 heteroatoms. The van der Waals surface area contributed by atoms with Crippen LogP contribution in [-0.4, -0.2) is 63.9 Å². The number of aliphatic hydroxyl groups excluding tert-OH is 1. The van der Waals surface area contributed by atoms with Gasteiger partial charge in [0.05, 0.1) is 6.54 Å². The highest BCUT2D eigenvalue weighted by atomic mass is 35.5. The van der Waals surface area contributed by atoms with Crippen LogP contribution in [-0.2, 0) is 6.54 Å². The molecule has 1 N–H and O–H groups in total. The van der Waals surface area contributed by atoms with Gasteiger partial charge in [0.25, 0.3) is 0 Å². The Morgan fingerprint density at radius 2 is 1.96 bits per heavy atom. The third-order valence-corrected chi connectivity index (χ3v) is 5.01. The van der Waals surface area contributed by atoms with Crippen LogP contribution in [0.5, 0.6) is 0 Å². The van der Waals surface area contributed by atoms with Gasteiger partial charge in [0, 0.05) is 49.4 Å². The molecule has 0 saturated carbocycles. The molecule has 0 radical (unpaired) electrons. The van der Waals surface area contributed by atoms with Gasteiger partial charge in [-0.2, -0.15) is 4.98 Å². The Kier molecular flexibility index (Phi) is 6.52. The van der Waals surface area contributed by atoms with Crippen molar-refractivity contribution in [1.29, 1.82) is 0 Å². The Labute approximate surface area is 166 Å². The van der Waals surface area contributed by atoms with E-state index in [1.54, 1.807) is 0 Å². The zero-order valence-electron chi connectivity index (χ0n) is 16.4. The summed E-state index contributed by atoms with van der Waals surface area (Å²) >= 11 is 5.93. The minimum Gasteiger partial charge on any atom is -0.396 e. The van der Waals surface area contributed by atoms with Gasteiger partial charge in [-0.25, -0.2) is 0 Å². The van der Waals surface area contributed by atoms with Crippen molar-refractivity contribution in [2.75, 3.05) is 32.8 Å². The van der Waals surface area contributed by atoms with Crippen LogP contribution in [0.25, 0.3) is 11.4 Å².